The molecule has 0 bridgehead atoms. The third-order valence-corrected chi connectivity index (χ3v) is 2.88. The second-order valence-corrected chi connectivity index (χ2v) is 3.52. The van der Waals surface area contributed by atoms with Crippen molar-refractivity contribution in [3.8, 4) is 0 Å². The molecule has 0 saturated carbocycles. The maximum atomic E-state index is 4.11. The van der Waals surface area contributed by atoms with Gasteiger partial charge in [0.05, 0.1) is 5.70 Å². The van der Waals surface area contributed by atoms with Crippen molar-refractivity contribution in [2.45, 2.75) is 32.9 Å². The zero-order valence-corrected chi connectivity index (χ0v) is 8.91. The van der Waals surface area contributed by atoms with E-state index in [9.17, 15) is 0 Å². The van der Waals surface area contributed by atoms with Crippen molar-refractivity contribution in [2.24, 2.45) is 4.99 Å². The van der Waals surface area contributed by atoms with Crippen LogP contribution in [0.25, 0.3) is 0 Å². The lowest BCUT2D eigenvalue weighted by Gasteiger charge is -2.21. The molecule has 72 valence electrons. The van der Waals surface area contributed by atoms with Crippen molar-refractivity contribution in [2.75, 3.05) is 7.05 Å². The summed E-state index contributed by atoms with van der Waals surface area (Å²) in [5.74, 6) is 0. The van der Waals surface area contributed by atoms with Crippen LogP contribution in [0.15, 0.2) is 28.4 Å². The molecule has 0 saturated heterocycles. The summed E-state index contributed by atoms with van der Waals surface area (Å²) < 4.78 is 0. The fourth-order valence-corrected chi connectivity index (χ4v) is 1.83. The van der Waals surface area contributed by atoms with Gasteiger partial charge in [-0.2, -0.15) is 0 Å². The third-order valence-electron chi connectivity index (χ3n) is 2.88. The SMILES string of the molecule is C=NC1=C(/C=C\C)C(C)N(C)C1C. The molecule has 0 aromatic carbocycles. The van der Waals surface area contributed by atoms with Gasteiger partial charge in [-0.15, -0.1) is 0 Å². The van der Waals surface area contributed by atoms with Crippen LogP contribution < -0.4 is 0 Å². The highest BCUT2D eigenvalue weighted by Crippen LogP contribution is 2.30. The minimum Gasteiger partial charge on any atom is -0.291 e. The van der Waals surface area contributed by atoms with Crippen molar-refractivity contribution in [3.63, 3.8) is 0 Å². The maximum Gasteiger partial charge on any atom is 0.0612 e. The van der Waals surface area contributed by atoms with Gasteiger partial charge in [0.2, 0.25) is 0 Å². The van der Waals surface area contributed by atoms with Crippen LogP contribution in [0.5, 0.6) is 0 Å². The fraction of sp³-hybridized carbons (Fsp3) is 0.545. The van der Waals surface area contributed by atoms with Crippen LogP contribution >= 0.6 is 0 Å². The zero-order valence-electron chi connectivity index (χ0n) is 8.91. The van der Waals surface area contributed by atoms with E-state index >= 15 is 0 Å². The molecule has 1 aliphatic rings. The molecule has 1 aliphatic heterocycles. The Hall–Kier alpha value is -0.890. The zero-order chi connectivity index (χ0) is 10.0. The summed E-state index contributed by atoms with van der Waals surface area (Å²) in [5, 5.41) is 0. The van der Waals surface area contributed by atoms with Gasteiger partial charge in [-0.1, -0.05) is 12.2 Å². The van der Waals surface area contributed by atoms with Crippen molar-refractivity contribution >= 4 is 6.72 Å². The van der Waals surface area contributed by atoms with Gasteiger partial charge >= 0.3 is 0 Å². The van der Waals surface area contributed by atoms with Crippen LogP contribution in [0.3, 0.4) is 0 Å². The van der Waals surface area contributed by atoms with Crippen molar-refractivity contribution in [1.82, 2.24) is 4.90 Å². The van der Waals surface area contributed by atoms with E-state index in [1.807, 2.05) is 6.92 Å². The number of hydrogen-bond donors (Lipinski definition) is 0. The molecule has 0 amide bonds. The molecule has 2 nitrogen and oxygen atoms in total. The largest absolute Gasteiger partial charge is 0.291 e. The molecule has 0 aromatic rings. The van der Waals surface area contributed by atoms with Crippen LogP contribution in [0.2, 0.25) is 0 Å². The van der Waals surface area contributed by atoms with Crippen LogP contribution in [0.4, 0.5) is 0 Å². The Morgan fingerprint density at radius 1 is 1.38 bits per heavy atom. The van der Waals surface area contributed by atoms with E-state index in [1.54, 1.807) is 0 Å². The average Bonchev–Trinajstić information content (AvgIpc) is 2.32. The predicted octanol–water partition coefficient (Wildman–Crippen LogP) is 2.24. The van der Waals surface area contributed by atoms with Gasteiger partial charge in [0.1, 0.15) is 0 Å². The van der Waals surface area contributed by atoms with Gasteiger partial charge in [-0.3, -0.25) is 9.89 Å². The van der Waals surface area contributed by atoms with Crippen LogP contribution in [0.1, 0.15) is 20.8 Å². The van der Waals surface area contributed by atoms with Gasteiger partial charge in [0.15, 0.2) is 0 Å². The molecule has 2 atom stereocenters. The number of nitrogens with zero attached hydrogens (tertiary/aromatic N) is 2. The van der Waals surface area contributed by atoms with E-state index in [0.29, 0.717) is 12.1 Å². The molecule has 13 heavy (non-hydrogen) atoms. The van der Waals surface area contributed by atoms with Gasteiger partial charge in [-0.25, -0.2) is 0 Å². The van der Waals surface area contributed by atoms with Gasteiger partial charge in [-0.05, 0) is 40.1 Å². The van der Waals surface area contributed by atoms with Gasteiger partial charge < -0.3 is 0 Å². The lowest BCUT2D eigenvalue weighted by Crippen LogP contribution is -2.30. The molecule has 1 rings (SSSR count). The topological polar surface area (TPSA) is 15.6 Å². The smallest absolute Gasteiger partial charge is 0.0612 e. The molecule has 2 heteroatoms. The Labute approximate surface area is 80.7 Å². The standard InChI is InChI=1S/C11H18N2/c1-6-7-10-8(2)13(5)9(3)11(10)12-4/h6-9H,4H2,1-3,5H3/b7-6-. The molecule has 2 unspecified atom stereocenters. The predicted molar refractivity (Wildman–Crippen MR) is 58.1 cm³/mol. The first-order chi connectivity index (χ1) is 6.13. The second kappa shape index (κ2) is 3.88. The lowest BCUT2D eigenvalue weighted by atomic mass is 10.1. The summed E-state index contributed by atoms with van der Waals surface area (Å²) >= 11 is 0. The molecule has 0 spiro atoms. The summed E-state index contributed by atoms with van der Waals surface area (Å²) in [6, 6.07) is 0.838. The highest BCUT2D eigenvalue weighted by molar-refractivity contribution is 5.42. The van der Waals surface area contributed by atoms with Crippen LogP contribution in [-0.4, -0.2) is 30.7 Å². The number of aliphatic imine (C=N–C) groups is 1. The van der Waals surface area contributed by atoms with Crippen molar-refractivity contribution in [1.29, 1.82) is 0 Å². The number of likely N-dealkylation sites (N-methyl/N-ethyl adjacent to an activating group) is 1. The molecule has 0 fully saturated rings. The van der Waals surface area contributed by atoms with E-state index in [4.69, 9.17) is 0 Å². The highest BCUT2D eigenvalue weighted by Gasteiger charge is 2.30. The third kappa shape index (κ3) is 1.59. The molecule has 0 radical (unpaired) electrons. The lowest BCUT2D eigenvalue weighted by molar-refractivity contribution is 0.276. The first-order valence-electron chi connectivity index (χ1n) is 4.68. The highest BCUT2D eigenvalue weighted by atomic mass is 15.2. The molecule has 1 heterocycles. The Morgan fingerprint density at radius 3 is 2.46 bits per heavy atom. The van der Waals surface area contributed by atoms with Crippen LogP contribution in [-0.2, 0) is 0 Å². The molecule has 0 aromatic heterocycles. The van der Waals surface area contributed by atoms with E-state index in [1.165, 1.54) is 5.57 Å². The fourth-order valence-electron chi connectivity index (χ4n) is 1.83. The maximum absolute atomic E-state index is 4.11. The molecular formula is C11H18N2. The minimum atomic E-state index is 0.388. The summed E-state index contributed by atoms with van der Waals surface area (Å²) in [4.78, 5) is 6.41. The van der Waals surface area contributed by atoms with Crippen molar-refractivity contribution < 1.29 is 0 Å². The summed E-state index contributed by atoms with van der Waals surface area (Å²) in [6.07, 6.45) is 4.19. The first-order valence-corrected chi connectivity index (χ1v) is 4.68. The number of allylic oxidation sites excluding steroid dienone is 1. The summed E-state index contributed by atoms with van der Waals surface area (Å²) in [6.45, 7) is 10.0. The second-order valence-electron chi connectivity index (χ2n) is 3.52. The first kappa shape index (κ1) is 10.2. The molecule has 0 N–H and O–H groups in total. The Morgan fingerprint density at radius 2 is 2.00 bits per heavy atom. The summed E-state index contributed by atoms with van der Waals surface area (Å²) in [7, 11) is 2.12. The van der Waals surface area contributed by atoms with E-state index in [0.717, 1.165) is 5.70 Å². The van der Waals surface area contributed by atoms with E-state index in [2.05, 4.69) is 49.7 Å². The van der Waals surface area contributed by atoms with Crippen molar-refractivity contribution in [3.05, 3.63) is 23.4 Å². The number of hydrogen-bond acceptors (Lipinski definition) is 2. The average molecular weight is 178 g/mol. The monoisotopic (exact) mass is 178 g/mol. The summed E-state index contributed by atoms with van der Waals surface area (Å²) in [5.41, 5.74) is 2.42. The number of rotatable bonds is 2. The van der Waals surface area contributed by atoms with E-state index in [-0.39, 0.29) is 0 Å². The van der Waals surface area contributed by atoms with Gasteiger partial charge in [0, 0.05) is 12.1 Å². The quantitative estimate of drug-likeness (QED) is 0.592. The molecular weight excluding hydrogens is 160 g/mol. The Balaban J connectivity index is 3.08. The Kier molecular flexibility index (Phi) is 3.04. The Bertz CT molecular complexity index is 263. The minimum absolute atomic E-state index is 0.388. The van der Waals surface area contributed by atoms with Crippen LogP contribution in [0, 0.1) is 0 Å². The normalized spacial score (nSPS) is 30.5. The molecule has 0 aliphatic carbocycles. The van der Waals surface area contributed by atoms with Gasteiger partial charge in [0.25, 0.3) is 0 Å². The van der Waals surface area contributed by atoms with E-state index < -0.39 is 0 Å².